The molecule has 0 saturated heterocycles. The minimum Gasteiger partial charge on any atom is -0.496 e. The second kappa shape index (κ2) is 6.29. The molecule has 0 spiro atoms. The van der Waals surface area contributed by atoms with Crippen molar-refractivity contribution in [3.05, 3.63) is 23.8 Å². The predicted octanol–water partition coefficient (Wildman–Crippen LogP) is 1.40. The van der Waals surface area contributed by atoms with Crippen LogP contribution in [0.25, 0.3) is 11.4 Å². The van der Waals surface area contributed by atoms with Gasteiger partial charge >= 0.3 is 0 Å². The molecule has 0 fully saturated rings. The van der Waals surface area contributed by atoms with Crippen molar-refractivity contribution in [2.45, 2.75) is 26.3 Å². The number of nitrogens with two attached hydrogens (primary N) is 1. The Morgan fingerprint density at radius 2 is 2.16 bits per heavy atom. The molecule has 19 heavy (non-hydrogen) atoms. The van der Waals surface area contributed by atoms with Gasteiger partial charge in [0.25, 0.3) is 0 Å². The standard InChI is InChI=1S/C13H19N5O/c1-10-9-11(5-6-12(10)19-2)13-15-16-17-18(13)8-4-3-7-14/h5-6,9H,3-4,7-8,14H2,1-2H3. The number of ether oxygens (including phenoxy) is 1. The summed E-state index contributed by atoms with van der Waals surface area (Å²) in [6, 6.07) is 5.94. The van der Waals surface area contributed by atoms with E-state index in [1.807, 2.05) is 29.8 Å². The van der Waals surface area contributed by atoms with E-state index in [4.69, 9.17) is 10.5 Å². The maximum atomic E-state index is 5.49. The first-order valence-electron chi connectivity index (χ1n) is 6.37. The average Bonchev–Trinajstić information content (AvgIpc) is 2.87. The lowest BCUT2D eigenvalue weighted by Crippen LogP contribution is -2.06. The van der Waals surface area contributed by atoms with Gasteiger partial charge in [0.15, 0.2) is 5.82 Å². The molecule has 0 bridgehead atoms. The van der Waals surface area contributed by atoms with Gasteiger partial charge in [-0.05, 0) is 60.5 Å². The van der Waals surface area contributed by atoms with Gasteiger partial charge in [0.2, 0.25) is 0 Å². The molecule has 0 amide bonds. The van der Waals surface area contributed by atoms with Gasteiger partial charge in [-0.3, -0.25) is 0 Å². The van der Waals surface area contributed by atoms with Crippen molar-refractivity contribution >= 4 is 0 Å². The van der Waals surface area contributed by atoms with Crippen LogP contribution in [0.4, 0.5) is 0 Å². The fraction of sp³-hybridized carbons (Fsp3) is 0.462. The van der Waals surface area contributed by atoms with Crippen molar-refractivity contribution in [1.29, 1.82) is 0 Å². The Hall–Kier alpha value is -1.95. The minimum absolute atomic E-state index is 0.694. The van der Waals surface area contributed by atoms with E-state index in [1.54, 1.807) is 7.11 Å². The van der Waals surface area contributed by atoms with Gasteiger partial charge in [-0.2, -0.15) is 0 Å². The molecule has 0 aliphatic rings. The quantitative estimate of drug-likeness (QED) is 0.795. The molecule has 0 atom stereocenters. The van der Waals surface area contributed by atoms with Crippen LogP contribution < -0.4 is 10.5 Å². The van der Waals surface area contributed by atoms with Crippen molar-refractivity contribution in [2.75, 3.05) is 13.7 Å². The summed E-state index contributed by atoms with van der Waals surface area (Å²) < 4.78 is 7.07. The van der Waals surface area contributed by atoms with Crippen LogP contribution in [0.2, 0.25) is 0 Å². The average molecular weight is 261 g/mol. The number of rotatable bonds is 6. The fourth-order valence-electron chi connectivity index (χ4n) is 1.99. The molecule has 2 rings (SSSR count). The van der Waals surface area contributed by atoms with E-state index in [9.17, 15) is 0 Å². The first-order chi connectivity index (χ1) is 9.26. The summed E-state index contributed by atoms with van der Waals surface area (Å²) >= 11 is 0. The second-order valence-electron chi connectivity index (χ2n) is 4.41. The number of benzene rings is 1. The zero-order valence-electron chi connectivity index (χ0n) is 11.3. The van der Waals surface area contributed by atoms with Gasteiger partial charge in [-0.15, -0.1) is 5.10 Å². The molecule has 2 N–H and O–H groups in total. The molecule has 1 aromatic carbocycles. The minimum atomic E-state index is 0.694. The highest BCUT2D eigenvalue weighted by molar-refractivity contribution is 5.58. The Morgan fingerprint density at radius 3 is 2.84 bits per heavy atom. The highest BCUT2D eigenvalue weighted by Gasteiger charge is 2.10. The zero-order chi connectivity index (χ0) is 13.7. The molecule has 0 unspecified atom stereocenters. The SMILES string of the molecule is COc1ccc(-c2nnnn2CCCCN)cc1C. The number of tetrazole rings is 1. The first kappa shape index (κ1) is 13.5. The summed E-state index contributed by atoms with van der Waals surface area (Å²) in [5.41, 5.74) is 7.56. The molecule has 1 heterocycles. The van der Waals surface area contributed by atoms with Crippen LogP contribution in [0.1, 0.15) is 18.4 Å². The molecule has 2 aromatic rings. The van der Waals surface area contributed by atoms with E-state index >= 15 is 0 Å². The topological polar surface area (TPSA) is 78.9 Å². The molecular formula is C13H19N5O. The third kappa shape index (κ3) is 3.08. The molecule has 6 nitrogen and oxygen atoms in total. The summed E-state index contributed by atoms with van der Waals surface area (Å²) in [4.78, 5) is 0. The van der Waals surface area contributed by atoms with Crippen molar-refractivity contribution in [3.63, 3.8) is 0 Å². The fourth-order valence-corrected chi connectivity index (χ4v) is 1.99. The number of nitrogens with zero attached hydrogens (tertiary/aromatic N) is 4. The Bertz CT molecular complexity index is 538. The maximum Gasteiger partial charge on any atom is 0.182 e. The number of aromatic nitrogens is 4. The summed E-state index contributed by atoms with van der Waals surface area (Å²) in [7, 11) is 1.67. The maximum absolute atomic E-state index is 5.49. The Morgan fingerprint density at radius 1 is 1.32 bits per heavy atom. The molecule has 102 valence electrons. The lowest BCUT2D eigenvalue weighted by Gasteiger charge is -2.07. The van der Waals surface area contributed by atoms with Gasteiger partial charge in [-0.25, -0.2) is 4.68 Å². The summed E-state index contributed by atoms with van der Waals surface area (Å²) in [6.45, 7) is 3.48. The molecule has 1 aromatic heterocycles. The van der Waals surface area contributed by atoms with Crippen LogP contribution in [-0.4, -0.2) is 33.9 Å². The van der Waals surface area contributed by atoms with Gasteiger partial charge in [0.1, 0.15) is 5.75 Å². The molecular weight excluding hydrogens is 242 g/mol. The Kier molecular flexibility index (Phi) is 4.46. The van der Waals surface area contributed by atoms with Crippen molar-refractivity contribution in [3.8, 4) is 17.1 Å². The lowest BCUT2D eigenvalue weighted by atomic mass is 10.1. The normalized spacial score (nSPS) is 10.7. The van der Waals surface area contributed by atoms with E-state index in [1.165, 1.54) is 0 Å². The lowest BCUT2D eigenvalue weighted by molar-refractivity contribution is 0.411. The molecule has 0 aliphatic carbocycles. The van der Waals surface area contributed by atoms with E-state index in [-0.39, 0.29) is 0 Å². The van der Waals surface area contributed by atoms with Crippen molar-refractivity contribution in [2.24, 2.45) is 5.73 Å². The van der Waals surface area contributed by atoms with Gasteiger partial charge in [0.05, 0.1) is 7.11 Å². The summed E-state index contributed by atoms with van der Waals surface area (Å²) in [5, 5.41) is 11.9. The van der Waals surface area contributed by atoms with Gasteiger partial charge in [-0.1, -0.05) is 0 Å². The van der Waals surface area contributed by atoms with Crippen LogP contribution in [0, 0.1) is 6.92 Å². The van der Waals surface area contributed by atoms with E-state index < -0.39 is 0 Å². The molecule has 0 aliphatic heterocycles. The number of methoxy groups -OCH3 is 1. The summed E-state index contributed by atoms with van der Waals surface area (Å²) in [5.74, 6) is 1.65. The van der Waals surface area contributed by atoms with E-state index in [2.05, 4.69) is 15.5 Å². The Labute approximate surface area is 112 Å². The highest BCUT2D eigenvalue weighted by Crippen LogP contribution is 2.24. The van der Waals surface area contributed by atoms with Crippen LogP contribution in [0.15, 0.2) is 18.2 Å². The monoisotopic (exact) mass is 261 g/mol. The van der Waals surface area contributed by atoms with Crippen LogP contribution in [0.3, 0.4) is 0 Å². The van der Waals surface area contributed by atoms with E-state index in [0.717, 1.165) is 42.1 Å². The van der Waals surface area contributed by atoms with Crippen LogP contribution in [0.5, 0.6) is 5.75 Å². The van der Waals surface area contributed by atoms with Crippen LogP contribution >= 0.6 is 0 Å². The second-order valence-corrected chi connectivity index (χ2v) is 4.41. The van der Waals surface area contributed by atoms with Crippen molar-refractivity contribution < 1.29 is 4.74 Å². The first-order valence-corrected chi connectivity index (χ1v) is 6.37. The zero-order valence-corrected chi connectivity index (χ0v) is 11.3. The number of unbranched alkanes of at least 4 members (excludes halogenated alkanes) is 1. The third-order valence-corrected chi connectivity index (χ3v) is 3.01. The molecule has 0 radical (unpaired) electrons. The van der Waals surface area contributed by atoms with Crippen molar-refractivity contribution in [1.82, 2.24) is 20.2 Å². The predicted molar refractivity (Wildman–Crippen MR) is 72.8 cm³/mol. The smallest absolute Gasteiger partial charge is 0.182 e. The van der Waals surface area contributed by atoms with Crippen LogP contribution in [-0.2, 0) is 6.54 Å². The summed E-state index contributed by atoms with van der Waals surface area (Å²) in [6.07, 6.45) is 1.95. The molecule has 0 saturated carbocycles. The van der Waals surface area contributed by atoms with Gasteiger partial charge < -0.3 is 10.5 Å². The molecule has 6 heteroatoms. The van der Waals surface area contributed by atoms with Gasteiger partial charge in [0, 0.05) is 12.1 Å². The third-order valence-electron chi connectivity index (χ3n) is 3.01. The number of hydrogen-bond acceptors (Lipinski definition) is 5. The highest BCUT2D eigenvalue weighted by atomic mass is 16.5. The Balaban J connectivity index is 2.22. The number of aryl methyl sites for hydroxylation is 2. The number of hydrogen-bond donors (Lipinski definition) is 1. The van der Waals surface area contributed by atoms with E-state index in [0.29, 0.717) is 6.54 Å². The largest absolute Gasteiger partial charge is 0.496 e.